The van der Waals surface area contributed by atoms with E-state index in [2.05, 4.69) is 5.32 Å². The van der Waals surface area contributed by atoms with Crippen LogP contribution in [0.1, 0.15) is 42.0 Å². The Balaban J connectivity index is 1.57. The maximum absolute atomic E-state index is 13.0. The summed E-state index contributed by atoms with van der Waals surface area (Å²) in [6, 6.07) is 6.37. The van der Waals surface area contributed by atoms with Crippen LogP contribution in [0.25, 0.3) is 5.69 Å². The van der Waals surface area contributed by atoms with Crippen LogP contribution in [-0.4, -0.2) is 53.0 Å². The molecule has 0 saturated carbocycles. The smallest absolute Gasteiger partial charge is 0.325 e. The van der Waals surface area contributed by atoms with Crippen LogP contribution in [0, 0.1) is 19.8 Å². The third-order valence-corrected chi connectivity index (χ3v) is 5.63. The highest BCUT2D eigenvalue weighted by Crippen LogP contribution is 2.33. The van der Waals surface area contributed by atoms with Gasteiger partial charge in [0.05, 0.1) is 6.54 Å². The van der Waals surface area contributed by atoms with Gasteiger partial charge in [-0.15, -0.1) is 0 Å². The number of imide groups is 1. The Labute approximate surface area is 181 Å². The number of hydrogen-bond acceptors (Lipinski definition) is 5. The zero-order valence-electron chi connectivity index (χ0n) is 18.2. The molecular formula is C23H27N3O5. The van der Waals surface area contributed by atoms with E-state index in [9.17, 15) is 14.4 Å². The Hall–Kier alpha value is -3.29. The van der Waals surface area contributed by atoms with Crippen molar-refractivity contribution in [3.8, 4) is 17.2 Å². The van der Waals surface area contributed by atoms with E-state index in [1.165, 1.54) is 0 Å². The van der Waals surface area contributed by atoms with Crippen LogP contribution in [0.2, 0.25) is 0 Å². The minimum Gasteiger partial charge on any atom is -0.486 e. The average Bonchev–Trinajstić information content (AvgIpc) is 3.17. The third kappa shape index (κ3) is 3.89. The molecule has 0 spiro atoms. The zero-order chi connectivity index (χ0) is 22.3. The normalized spacial score (nSPS) is 18.0. The number of aryl methyl sites for hydroxylation is 1. The summed E-state index contributed by atoms with van der Waals surface area (Å²) in [6.45, 7) is 8.48. The van der Waals surface area contributed by atoms with Crippen molar-refractivity contribution in [3.63, 3.8) is 0 Å². The SMILES string of the molecule is Cc1cc(C(=O)CN2C(=O)N[C@@H](CC(C)C)C2=O)c(C)n1-c1ccc2c(c1)OCCO2. The first-order valence-corrected chi connectivity index (χ1v) is 10.5. The van der Waals surface area contributed by atoms with Gasteiger partial charge in [-0.1, -0.05) is 13.8 Å². The molecule has 8 heteroatoms. The molecule has 0 unspecified atom stereocenters. The summed E-state index contributed by atoms with van der Waals surface area (Å²) in [6.07, 6.45) is 0.549. The molecule has 0 bridgehead atoms. The predicted octanol–water partition coefficient (Wildman–Crippen LogP) is 3.01. The molecule has 1 N–H and O–H groups in total. The van der Waals surface area contributed by atoms with Crippen molar-refractivity contribution in [2.24, 2.45) is 5.92 Å². The number of urea groups is 1. The summed E-state index contributed by atoms with van der Waals surface area (Å²) in [4.78, 5) is 38.9. The number of ether oxygens (including phenoxy) is 2. The number of hydrogen-bond donors (Lipinski definition) is 1. The van der Waals surface area contributed by atoms with Crippen molar-refractivity contribution in [2.45, 2.75) is 40.2 Å². The van der Waals surface area contributed by atoms with Crippen molar-refractivity contribution in [2.75, 3.05) is 19.8 Å². The molecule has 1 atom stereocenters. The van der Waals surface area contributed by atoms with Crippen LogP contribution in [0.4, 0.5) is 4.79 Å². The molecule has 2 aliphatic rings. The number of amides is 3. The fourth-order valence-electron chi connectivity index (χ4n) is 4.20. The first-order chi connectivity index (χ1) is 14.8. The molecule has 2 aromatic rings. The highest BCUT2D eigenvalue weighted by Gasteiger charge is 2.39. The van der Waals surface area contributed by atoms with Crippen LogP contribution >= 0.6 is 0 Å². The molecule has 4 rings (SSSR count). The Morgan fingerprint density at radius 3 is 2.55 bits per heavy atom. The largest absolute Gasteiger partial charge is 0.486 e. The number of nitrogens with zero attached hydrogens (tertiary/aromatic N) is 2. The van der Waals surface area contributed by atoms with Crippen molar-refractivity contribution < 1.29 is 23.9 Å². The second-order valence-corrected chi connectivity index (χ2v) is 8.43. The summed E-state index contributed by atoms with van der Waals surface area (Å²) < 4.78 is 13.2. The molecule has 8 nitrogen and oxygen atoms in total. The van der Waals surface area contributed by atoms with Gasteiger partial charge in [0.15, 0.2) is 17.3 Å². The maximum Gasteiger partial charge on any atom is 0.325 e. The standard InChI is InChI=1S/C23H27N3O5/c1-13(2)9-18-22(28)25(23(29)24-18)12-19(27)17-10-14(3)26(15(17)4)16-5-6-20-21(11-16)31-8-7-30-20/h5-6,10-11,13,18H,7-9,12H2,1-4H3,(H,24,29)/t18-/m0/s1. The van der Waals surface area contributed by atoms with Gasteiger partial charge >= 0.3 is 6.03 Å². The van der Waals surface area contributed by atoms with Crippen LogP contribution in [0.5, 0.6) is 11.5 Å². The number of carbonyl (C=O) groups is 3. The maximum atomic E-state index is 13.0. The van der Waals surface area contributed by atoms with Crippen molar-refractivity contribution in [1.29, 1.82) is 0 Å². The number of rotatable bonds is 6. The second kappa shape index (κ2) is 8.09. The van der Waals surface area contributed by atoms with Gasteiger partial charge < -0.3 is 19.4 Å². The molecule has 0 aliphatic carbocycles. The predicted molar refractivity (Wildman–Crippen MR) is 114 cm³/mol. The highest BCUT2D eigenvalue weighted by molar-refractivity contribution is 6.09. The molecule has 164 valence electrons. The number of aromatic nitrogens is 1. The van der Waals surface area contributed by atoms with E-state index in [0.717, 1.165) is 22.0 Å². The number of nitrogens with one attached hydrogen (secondary N) is 1. The molecule has 1 saturated heterocycles. The lowest BCUT2D eigenvalue weighted by atomic mass is 10.0. The van der Waals surface area contributed by atoms with Gasteiger partial charge in [0, 0.05) is 28.7 Å². The number of fused-ring (bicyclic) bond motifs is 1. The fraction of sp³-hybridized carbons (Fsp3) is 0.435. The Bertz CT molecular complexity index is 1060. The van der Waals surface area contributed by atoms with Crippen molar-refractivity contribution in [3.05, 3.63) is 41.2 Å². The van der Waals surface area contributed by atoms with Crippen LogP contribution in [0.3, 0.4) is 0 Å². The van der Waals surface area contributed by atoms with E-state index >= 15 is 0 Å². The van der Waals surface area contributed by atoms with Crippen LogP contribution in [-0.2, 0) is 4.79 Å². The van der Waals surface area contributed by atoms with E-state index in [1.54, 1.807) is 6.07 Å². The lowest BCUT2D eigenvalue weighted by Crippen LogP contribution is -2.36. The molecule has 31 heavy (non-hydrogen) atoms. The van der Waals surface area contributed by atoms with Crippen LogP contribution in [0.15, 0.2) is 24.3 Å². The topological polar surface area (TPSA) is 89.9 Å². The summed E-state index contributed by atoms with van der Waals surface area (Å²) in [5.41, 5.74) is 2.95. The van der Waals surface area contributed by atoms with E-state index in [0.29, 0.717) is 36.7 Å². The van der Waals surface area contributed by atoms with Crippen LogP contribution < -0.4 is 14.8 Å². The van der Waals surface area contributed by atoms with Gasteiger partial charge in [-0.3, -0.25) is 14.5 Å². The van der Waals surface area contributed by atoms with E-state index < -0.39 is 12.1 Å². The van der Waals surface area contributed by atoms with Crippen molar-refractivity contribution >= 4 is 17.7 Å². The van der Waals surface area contributed by atoms with Gasteiger partial charge in [0.2, 0.25) is 0 Å². The molecule has 2 aliphatic heterocycles. The van der Waals surface area contributed by atoms with E-state index in [-0.39, 0.29) is 24.2 Å². The minimum absolute atomic E-state index is 0.259. The Kier molecular flexibility index (Phi) is 5.47. The van der Waals surface area contributed by atoms with Gasteiger partial charge in [-0.05, 0) is 44.4 Å². The minimum atomic E-state index is -0.564. The number of ketones is 1. The molecule has 3 heterocycles. The van der Waals surface area contributed by atoms with E-state index in [4.69, 9.17) is 9.47 Å². The summed E-state index contributed by atoms with van der Waals surface area (Å²) in [5, 5.41) is 2.68. The number of Topliss-reactive ketones (excluding diaryl/α,β-unsaturated/α-hetero) is 1. The summed E-state index contributed by atoms with van der Waals surface area (Å²) in [5.74, 6) is 1.01. The first kappa shape index (κ1) is 21.0. The quantitative estimate of drug-likeness (QED) is 0.568. The summed E-state index contributed by atoms with van der Waals surface area (Å²) >= 11 is 0. The zero-order valence-corrected chi connectivity index (χ0v) is 18.2. The third-order valence-electron chi connectivity index (χ3n) is 5.63. The lowest BCUT2D eigenvalue weighted by Gasteiger charge is -2.20. The molecular weight excluding hydrogens is 398 g/mol. The Morgan fingerprint density at radius 1 is 1.13 bits per heavy atom. The monoisotopic (exact) mass is 425 g/mol. The first-order valence-electron chi connectivity index (χ1n) is 10.5. The average molecular weight is 425 g/mol. The number of carbonyl (C=O) groups excluding carboxylic acids is 3. The highest BCUT2D eigenvalue weighted by atomic mass is 16.6. The molecule has 1 fully saturated rings. The van der Waals surface area contributed by atoms with Gasteiger partial charge in [0.25, 0.3) is 5.91 Å². The van der Waals surface area contributed by atoms with Gasteiger partial charge in [-0.25, -0.2) is 4.79 Å². The van der Waals surface area contributed by atoms with Gasteiger partial charge in [0.1, 0.15) is 19.3 Å². The molecule has 0 radical (unpaired) electrons. The molecule has 1 aromatic carbocycles. The van der Waals surface area contributed by atoms with E-state index in [1.807, 2.05) is 50.5 Å². The van der Waals surface area contributed by atoms with Crippen molar-refractivity contribution in [1.82, 2.24) is 14.8 Å². The summed E-state index contributed by atoms with van der Waals surface area (Å²) in [7, 11) is 0. The molecule has 1 aromatic heterocycles. The second-order valence-electron chi connectivity index (χ2n) is 8.43. The fourth-order valence-corrected chi connectivity index (χ4v) is 4.20. The van der Waals surface area contributed by atoms with Gasteiger partial charge in [-0.2, -0.15) is 0 Å². The number of benzene rings is 1. The molecule has 3 amide bonds. The Morgan fingerprint density at radius 2 is 1.84 bits per heavy atom. The lowest BCUT2D eigenvalue weighted by molar-refractivity contribution is -0.127.